The number of carbonyl (C=O) groups is 1. The fraction of sp³-hybridized carbons (Fsp3) is 0.857. The molecule has 98 valence electrons. The van der Waals surface area contributed by atoms with Crippen molar-refractivity contribution in [3.8, 4) is 6.07 Å². The van der Waals surface area contributed by atoms with Crippen LogP contribution in [0.15, 0.2) is 0 Å². The molecule has 4 heteroatoms. The summed E-state index contributed by atoms with van der Waals surface area (Å²) >= 11 is 0. The van der Waals surface area contributed by atoms with Crippen LogP contribution in [0, 0.1) is 22.7 Å². The number of ether oxygens (including phenoxy) is 1. The molecule has 0 aromatic heterocycles. The van der Waals surface area contributed by atoms with Crippen LogP contribution in [-0.4, -0.2) is 36.6 Å². The van der Waals surface area contributed by atoms with E-state index in [4.69, 9.17) is 4.74 Å². The number of nitriles is 1. The SMILES string of the molecule is N#CC1(C(=O)N(CC2CC2)C2CC2)CCOCC1. The van der Waals surface area contributed by atoms with Gasteiger partial charge in [-0.15, -0.1) is 0 Å². The second kappa shape index (κ2) is 4.55. The van der Waals surface area contributed by atoms with Gasteiger partial charge in [0, 0.05) is 25.8 Å². The van der Waals surface area contributed by atoms with E-state index in [1.165, 1.54) is 12.8 Å². The van der Waals surface area contributed by atoms with Crippen LogP contribution in [0.1, 0.15) is 38.5 Å². The van der Waals surface area contributed by atoms with Crippen molar-refractivity contribution in [1.82, 2.24) is 4.90 Å². The highest BCUT2D eigenvalue weighted by Crippen LogP contribution is 2.39. The number of nitrogens with zero attached hydrogens (tertiary/aromatic N) is 2. The van der Waals surface area contributed by atoms with Crippen LogP contribution >= 0.6 is 0 Å². The van der Waals surface area contributed by atoms with Crippen molar-refractivity contribution in [3.05, 3.63) is 0 Å². The van der Waals surface area contributed by atoms with E-state index >= 15 is 0 Å². The average molecular weight is 248 g/mol. The molecule has 1 amide bonds. The molecule has 18 heavy (non-hydrogen) atoms. The standard InChI is InChI=1S/C14H20N2O2/c15-10-14(5-7-18-8-6-14)13(17)16(12-3-4-12)9-11-1-2-11/h11-12H,1-9H2. The molecular weight excluding hydrogens is 228 g/mol. The van der Waals surface area contributed by atoms with Crippen molar-refractivity contribution in [2.24, 2.45) is 11.3 Å². The van der Waals surface area contributed by atoms with Crippen molar-refractivity contribution in [3.63, 3.8) is 0 Å². The van der Waals surface area contributed by atoms with Crippen molar-refractivity contribution in [1.29, 1.82) is 5.26 Å². The van der Waals surface area contributed by atoms with Crippen molar-refractivity contribution >= 4 is 5.91 Å². The summed E-state index contributed by atoms with van der Waals surface area (Å²) in [5.41, 5.74) is -0.796. The van der Waals surface area contributed by atoms with Gasteiger partial charge in [0.2, 0.25) is 5.91 Å². The van der Waals surface area contributed by atoms with Gasteiger partial charge in [-0.2, -0.15) is 5.26 Å². The minimum absolute atomic E-state index is 0.0858. The van der Waals surface area contributed by atoms with Gasteiger partial charge >= 0.3 is 0 Å². The van der Waals surface area contributed by atoms with E-state index in [2.05, 4.69) is 6.07 Å². The Morgan fingerprint density at radius 1 is 1.28 bits per heavy atom. The molecule has 1 heterocycles. The summed E-state index contributed by atoms with van der Waals surface area (Å²) in [6.07, 6.45) is 5.87. The summed E-state index contributed by atoms with van der Waals surface area (Å²) in [5.74, 6) is 0.785. The molecule has 0 atom stereocenters. The highest BCUT2D eigenvalue weighted by atomic mass is 16.5. The van der Waals surface area contributed by atoms with Crippen molar-refractivity contribution in [2.45, 2.75) is 44.6 Å². The van der Waals surface area contributed by atoms with E-state index in [0.29, 0.717) is 38.0 Å². The Morgan fingerprint density at radius 3 is 2.44 bits per heavy atom. The summed E-state index contributed by atoms with van der Waals surface area (Å²) in [4.78, 5) is 14.8. The van der Waals surface area contributed by atoms with Crippen LogP contribution in [-0.2, 0) is 9.53 Å². The van der Waals surface area contributed by atoms with Gasteiger partial charge in [-0.1, -0.05) is 0 Å². The third kappa shape index (κ3) is 2.24. The lowest BCUT2D eigenvalue weighted by Gasteiger charge is -2.35. The smallest absolute Gasteiger partial charge is 0.243 e. The van der Waals surface area contributed by atoms with E-state index in [-0.39, 0.29) is 5.91 Å². The Labute approximate surface area is 108 Å². The predicted octanol–water partition coefficient (Wildman–Crippen LogP) is 1.71. The van der Waals surface area contributed by atoms with Crippen LogP contribution in [0.25, 0.3) is 0 Å². The Kier molecular flexibility index (Phi) is 3.03. The second-order valence-electron chi connectivity index (χ2n) is 5.94. The molecular formula is C14H20N2O2. The van der Waals surface area contributed by atoms with Gasteiger partial charge in [-0.3, -0.25) is 4.79 Å². The fourth-order valence-electron chi connectivity index (χ4n) is 2.73. The maximum atomic E-state index is 12.7. The molecule has 1 saturated heterocycles. The first-order valence-electron chi connectivity index (χ1n) is 7.05. The Bertz CT molecular complexity index is 374. The minimum Gasteiger partial charge on any atom is -0.381 e. The Hall–Kier alpha value is -1.08. The molecule has 2 saturated carbocycles. The molecule has 0 aromatic rings. The molecule has 3 aliphatic rings. The largest absolute Gasteiger partial charge is 0.381 e. The second-order valence-corrected chi connectivity index (χ2v) is 5.94. The van der Waals surface area contributed by atoms with Crippen LogP contribution in [0.2, 0.25) is 0 Å². The van der Waals surface area contributed by atoms with Crippen LogP contribution in [0.4, 0.5) is 0 Å². The van der Waals surface area contributed by atoms with Gasteiger partial charge in [0.15, 0.2) is 0 Å². The molecule has 0 bridgehead atoms. The lowest BCUT2D eigenvalue weighted by Crippen LogP contribution is -2.47. The predicted molar refractivity (Wildman–Crippen MR) is 65.6 cm³/mol. The van der Waals surface area contributed by atoms with Crippen LogP contribution < -0.4 is 0 Å². The number of rotatable bonds is 4. The van der Waals surface area contributed by atoms with Gasteiger partial charge < -0.3 is 9.64 Å². The fourth-order valence-corrected chi connectivity index (χ4v) is 2.73. The van der Waals surface area contributed by atoms with E-state index in [1.807, 2.05) is 4.90 Å². The summed E-state index contributed by atoms with van der Waals surface area (Å²) in [6.45, 7) is 1.97. The molecule has 1 aliphatic heterocycles. The quantitative estimate of drug-likeness (QED) is 0.761. The number of carbonyl (C=O) groups excluding carboxylic acids is 1. The van der Waals surface area contributed by atoms with Gasteiger partial charge in [0.25, 0.3) is 0 Å². The zero-order valence-electron chi connectivity index (χ0n) is 10.7. The Morgan fingerprint density at radius 2 is 1.94 bits per heavy atom. The molecule has 2 aliphatic carbocycles. The molecule has 3 rings (SSSR count). The maximum absolute atomic E-state index is 12.7. The van der Waals surface area contributed by atoms with Crippen LogP contribution in [0.5, 0.6) is 0 Å². The minimum atomic E-state index is -0.796. The summed E-state index contributed by atoms with van der Waals surface area (Å²) in [6, 6.07) is 2.73. The first-order valence-corrected chi connectivity index (χ1v) is 7.05. The Balaban J connectivity index is 1.74. The van der Waals surface area contributed by atoms with Crippen molar-refractivity contribution in [2.75, 3.05) is 19.8 Å². The monoisotopic (exact) mass is 248 g/mol. The highest BCUT2D eigenvalue weighted by Gasteiger charge is 2.47. The molecule has 0 N–H and O–H groups in total. The number of hydrogen-bond acceptors (Lipinski definition) is 3. The van der Waals surface area contributed by atoms with Gasteiger partial charge in [-0.25, -0.2) is 0 Å². The van der Waals surface area contributed by atoms with E-state index in [1.54, 1.807) is 0 Å². The van der Waals surface area contributed by atoms with Gasteiger partial charge in [0.05, 0.1) is 6.07 Å². The number of hydrogen-bond donors (Lipinski definition) is 0. The summed E-state index contributed by atoms with van der Waals surface area (Å²) < 4.78 is 5.30. The molecule has 4 nitrogen and oxygen atoms in total. The molecule has 0 radical (unpaired) electrons. The molecule has 0 spiro atoms. The topological polar surface area (TPSA) is 53.3 Å². The zero-order valence-corrected chi connectivity index (χ0v) is 10.7. The van der Waals surface area contributed by atoms with E-state index in [9.17, 15) is 10.1 Å². The van der Waals surface area contributed by atoms with Crippen LogP contribution in [0.3, 0.4) is 0 Å². The van der Waals surface area contributed by atoms with Gasteiger partial charge in [-0.05, 0) is 44.4 Å². The van der Waals surface area contributed by atoms with Crippen molar-refractivity contribution < 1.29 is 9.53 Å². The zero-order chi connectivity index (χ0) is 12.6. The lowest BCUT2D eigenvalue weighted by atomic mass is 9.80. The number of amides is 1. The average Bonchev–Trinajstić information content (AvgIpc) is 3.29. The highest BCUT2D eigenvalue weighted by molar-refractivity contribution is 5.86. The third-order valence-electron chi connectivity index (χ3n) is 4.37. The summed E-state index contributed by atoms with van der Waals surface area (Å²) in [5, 5.41) is 9.46. The lowest BCUT2D eigenvalue weighted by molar-refractivity contribution is -0.144. The third-order valence-corrected chi connectivity index (χ3v) is 4.37. The first-order chi connectivity index (χ1) is 8.75. The summed E-state index contributed by atoms with van der Waals surface area (Å²) in [7, 11) is 0. The maximum Gasteiger partial charge on any atom is 0.243 e. The van der Waals surface area contributed by atoms with E-state index in [0.717, 1.165) is 19.4 Å². The van der Waals surface area contributed by atoms with Gasteiger partial charge in [0.1, 0.15) is 5.41 Å². The van der Waals surface area contributed by atoms with E-state index < -0.39 is 5.41 Å². The first kappa shape index (κ1) is 12.0. The molecule has 3 fully saturated rings. The molecule has 0 aromatic carbocycles. The molecule has 0 unspecified atom stereocenters. The normalized spacial score (nSPS) is 26.4.